The van der Waals surface area contributed by atoms with E-state index >= 15 is 0 Å². The second-order valence-electron chi connectivity index (χ2n) is 3.97. The first kappa shape index (κ1) is 10.9. The molecule has 16 heavy (non-hydrogen) atoms. The zero-order chi connectivity index (χ0) is 11.4. The van der Waals surface area contributed by atoms with Crippen LogP contribution in [0.4, 0.5) is 4.79 Å². The first-order valence-electron chi connectivity index (χ1n) is 5.77. The number of nitrogens with one attached hydrogen (secondary N) is 1. The van der Waals surface area contributed by atoms with Crippen molar-refractivity contribution < 1.29 is 4.79 Å². The van der Waals surface area contributed by atoms with Crippen LogP contribution < -0.4 is 5.32 Å². The van der Waals surface area contributed by atoms with Gasteiger partial charge >= 0.3 is 6.03 Å². The van der Waals surface area contributed by atoms with Crippen molar-refractivity contribution in [2.24, 2.45) is 0 Å². The number of aromatic nitrogens is 1. The topological polar surface area (TPSA) is 45.2 Å². The zero-order valence-electron chi connectivity index (χ0n) is 9.52. The maximum Gasteiger partial charge on any atom is 0.317 e. The van der Waals surface area contributed by atoms with E-state index in [1.165, 1.54) is 0 Å². The Morgan fingerprint density at radius 1 is 1.69 bits per heavy atom. The largest absolute Gasteiger partial charge is 0.338 e. The van der Waals surface area contributed by atoms with Gasteiger partial charge in [-0.3, -0.25) is 4.98 Å². The van der Waals surface area contributed by atoms with Crippen molar-refractivity contribution in [2.45, 2.75) is 25.8 Å². The Bertz CT molecular complexity index is 353. The van der Waals surface area contributed by atoms with Gasteiger partial charge in [0, 0.05) is 25.5 Å². The first-order valence-corrected chi connectivity index (χ1v) is 5.77. The Kier molecular flexibility index (Phi) is 3.39. The number of amides is 2. The second-order valence-corrected chi connectivity index (χ2v) is 3.97. The number of hydrogen-bond acceptors (Lipinski definition) is 2. The lowest BCUT2D eigenvalue weighted by atomic mass is 10.1. The number of hydrogen-bond donors (Lipinski definition) is 1. The fourth-order valence-electron chi connectivity index (χ4n) is 2.18. The molecule has 1 aromatic rings. The molecule has 1 fully saturated rings. The molecule has 4 heteroatoms. The molecule has 1 N–H and O–H groups in total. The van der Waals surface area contributed by atoms with Crippen molar-refractivity contribution in [1.29, 1.82) is 0 Å². The van der Waals surface area contributed by atoms with Gasteiger partial charge in [-0.15, -0.1) is 0 Å². The predicted octanol–water partition coefficient (Wildman–Crippen LogP) is 1.95. The minimum absolute atomic E-state index is 0.0360. The SMILES string of the molecule is CCNC(=O)N1CCCC1c1cccnc1. The Morgan fingerprint density at radius 3 is 3.25 bits per heavy atom. The van der Waals surface area contributed by atoms with Gasteiger partial charge < -0.3 is 10.2 Å². The van der Waals surface area contributed by atoms with Crippen LogP contribution in [0.1, 0.15) is 31.4 Å². The fraction of sp³-hybridized carbons (Fsp3) is 0.500. The summed E-state index contributed by atoms with van der Waals surface area (Å²) in [5.41, 5.74) is 1.13. The average Bonchev–Trinajstić information content (AvgIpc) is 2.79. The predicted molar refractivity (Wildman–Crippen MR) is 62.0 cm³/mol. The Balaban J connectivity index is 2.12. The van der Waals surface area contributed by atoms with Gasteiger partial charge in [-0.25, -0.2) is 4.79 Å². The van der Waals surface area contributed by atoms with Gasteiger partial charge in [0.15, 0.2) is 0 Å². The van der Waals surface area contributed by atoms with Crippen LogP contribution >= 0.6 is 0 Å². The molecule has 1 saturated heterocycles. The molecule has 2 rings (SSSR count). The molecule has 0 spiro atoms. The fourth-order valence-corrected chi connectivity index (χ4v) is 2.18. The van der Waals surface area contributed by atoms with Crippen molar-refractivity contribution >= 4 is 6.03 Å². The van der Waals surface area contributed by atoms with Gasteiger partial charge in [0.1, 0.15) is 0 Å². The highest BCUT2D eigenvalue weighted by atomic mass is 16.2. The van der Waals surface area contributed by atoms with Crippen molar-refractivity contribution in [3.63, 3.8) is 0 Å². The molecule has 0 aromatic carbocycles. The van der Waals surface area contributed by atoms with Gasteiger partial charge in [0.05, 0.1) is 6.04 Å². The molecule has 1 aliphatic rings. The van der Waals surface area contributed by atoms with E-state index < -0.39 is 0 Å². The standard InChI is InChI=1S/C12H17N3O/c1-2-14-12(16)15-8-4-6-11(15)10-5-3-7-13-9-10/h3,5,7,9,11H,2,4,6,8H2,1H3,(H,14,16). The van der Waals surface area contributed by atoms with Crippen LogP contribution in [-0.2, 0) is 0 Å². The molecule has 0 bridgehead atoms. The first-order chi connectivity index (χ1) is 7.83. The minimum Gasteiger partial charge on any atom is -0.338 e. The summed E-state index contributed by atoms with van der Waals surface area (Å²) in [6, 6.07) is 4.19. The van der Waals surface area contributed by atoms with E-state index in [0.29, 0.717) is 6.54 Å². The van der Waals surface area contributed by atoms with Gasteiger partial charge in [-0.05, 0) is 31.4 Å². The van der Waals surface area contributed by atoms with Gasteiger partial charge in [0.2, 0.25) is 0 Å². The van der Waals surface area contributed by atoms with E-state index in [0.717, 1.165) is 24.9 Å². The molecule has 0 radical (unpaired) electrons. The lowest BCUT2D eigenvalue weighted by molar-refractivity contribution is 0.193. The van der Waals surface area contributed by atoms with Crippen LogP contribution in [0, 0.1) is 0 Å². The third-order valence-corrected chi connectivity index (χ3v) is 2.91. The number of carbonyl (C=O) groups is 1. The highest BCUT2D eigenvalue weighted by molar-refractivity contribution is 5.75. The minimum atomic E-state index is 0.0360. The third-order valence-electron chi connectivity index (χ3n) is 2.91. The molecule has 1 atom stereocenters. The number of carbonyl (C=O) groups excluding carboxylic acids is 1. The zero-order valence-corrected chi connectivity index (χ0v) is 9.52. The third kappa shape index (κ3) is 2.15. The Labute approximate surface area is 95.7 Å². The number of nitrogens with zero attached hydrogens (tertiary/aromatic N) is 2. The molecular weight excluding hydrogens is 202 g/mol. The van der Waals surface area contributed by atoms with Gasteiger partial charge in [0.25, 0.3) is 0 Å². The monoisotopic (exact) mass is 219 g/mol. The summed E-state index contributed by atoms with van der Waals surface area (Å²) in [5.74, 6) is 0. The molecule has 2 heterocycles. The lowest BCUT2D eigenvalue weighted by Crippen LogP contribution is -2.39. The normalized spacial score (nSPS) is 19.8. The highest BCUT2D eigenvalue weighted by Crippen LogP contribution is 2.31. The second kappa shape index (κ2) is 4.96. The van der Waals surface area contributed by atoms with Crippen LogP contribution in [0.15, 0.2) is 24.5 Å². The summed E-state index contributed by atoms with van der Waals surface area (Å²) < 4.78 is 0. The highest BCUT2D eigenvalue weighted by Gasteiger charge is 2.29. The molecule has 0 aliphatic carbocycles. The van der Waals surface area contributed by atoms with Crippen LogP contribution in [-0.4, -0.2) is 29.0 Å². The molecule has 4 nitrogen and oxygen atoms in total. The van der Waals surface area contributed by atoms with Crippen LogP contribution in [0.5, 0.6) is 0 Å². The number of likely N-dealkylation sites (tertiary alicyclic amines) is 1. The maximum absolute atomic E-state index is 11.8. The van der Waals surface area contributed by atoms with E-state index in [1.54, 1.807) is 6.20 Å². The van der Waals surface area contributed by atoms with Crippen molar-refractivity contribution in [2.75, 3.05) is 13.1 Å². The van der Waals surface area contributed by atoms with E-state index in [4.69, 9.17) is 0 Å². The van der Waals surface area contributed by atoms with Gasteiger partial charge in [-0.1, -0.05) is 6.07 Å². The summed E-state index contributed by atoms with van der Waals surface area (Å²) in [4.78, 5) is 17.8. The summed E-state index contributed by atoms with van der Waals surface area (Å²) >= 11 is 0. The lowest BCUT2D eigenvalue weighted by Gasteiger charge is -2.24. The van der Waals surface area contributed by atoms with E-state index in [9.17, 15) is 4.79 Å². The molecule has 0 saturated carbocycles. The molecule has 1 unspecified atom stereocenters. The number of urea groups is 1. The van der Waals surface area contributed by atoms with Crippen molar-refractivity contribution in [3.05, 3.63) is 30.1 Å². The molecular formula is C12H17N3O. The van der Waals surface area contributed by atoms with Crippen LogP contribution in [0.2, 0.25) is 0 Å². The van der Waals surface area contributed by atoms with E-state index in [-0.39, 0.29) is 12.1 Å². The van der Waals surface area contributed by atoms with Crippen molar-refractivity contribution in [3.8, 4) is 0 Å². The van der Waals surface area contributed by atoms with Crippen LogP contribution in [0.25, 0.3) is 0 Å². The molecule has 2 amide bonds. The van der Waals surface area contributed by atoms with Crippen LogP contribution in [0.3, 0.4) is 0 Å². The quantitative estimate of drug-likeness (QED) is 0.826. The summed E-state index contributed by atoms with van der Waals surface area (Å²) in [5, 5.41) is 2.85. The molecule has 86 valence electrons. The summed E-state index contributed by atoms with van der Waals surface area (Å²) in [6.45, 7) is 3.45. The Morgan fingerprint density at radius 2 is 2.56 bits per heavy atom. The maximum atomic E-state index is 11.8. The van der Waals surface area contributed by atoms with E-state index in [1.807, 2.05) is 30.2 Å². The molecule has 1 aliphatic heterocycles. The summed E-state index contributed by atoms with van der Waals surface area (Å²) in [7, 11) is 0. The smallest absolute Gasteiger partial charge is 0.317 e. The number of rotatable bonds is 2. The van der Waals surface area contributed by atoms with Gasteiger partial charge in [-0.2, -0.15) is 0 Å². The van der Waals surface area contributed by atoms with Crippen molar-refractivity contribution in [1.82, 2.24) is 15.2 Å². The summed E-state index contributed by atoms with van der Waals surface area (Å²) in [6.07, 6.45) is 5.71. The Hall–Kier alpha value is -1.58. The number of pyridine rings is 1. The molecule has 1 aromatic heterocycles. The van der Waals surface area contributed by atoms with E-state index in [2.05, 4.69) is 10.3 Å². The average molecular weight is 219 g/mol.